The van der Waals surface area contributed by atoms with Gasteiger partial charge in [-0.15, -0.1) is 0 Å². The van der Waals surface area contributed by atoms with E-state index in [9.17, 15) is 31.9 Å². The molecule has 2 aromatic carbocycles. The number of alkyl halides is 5. The van der Waals surface area contributed by atoms with Gasteiger partial charge in [0.2, 0.25) is 5.78 Å². The van der Waals surface area contributed by atoms with E-state index in [1.807, 2.05) is 0 Å². The third-order valence-electron chi connectivity index (χ3n) is 8.17. The molecule has 5 rings (SSSR count). The summed E-state index contributed by atoms with van der Waals surface area (Å²) < 4.78 is 88.8. The molecule has 5 nitrogen and oxygen atoms in total. The Morgan fingerprint density at radius 1 is 1.09 bits per heavy atom. The van der Waals surface area contributed by atoms with Gasteiger partial charge < -0.3 is 15.3 Å². The largest absolute Gasteiger partial charge is 0.434 e. The van der Waals surface area contributed by atoms with Gasteiger partial charge in [-0.05, 0) is 68.2 Å². The topological polar surface area (TPSA) is 82.7 Å². The summed E-state index contributed by atoms with van der Waals surface area (Å²) in [6.45, 7) is 5.44. The number of ether oxygens (including phenoxy) is 1. The van der Waals surface area contributed by atoms with Crippen molar-refractivity contribution in [2.45, 2.75) is 57.9 Å². The van der Waals surface area contributed by atoms with Crippen LogP contribution >= 0.6 is 0 Å². The van der Waals surface area contributed by atoms with Gasteiger partial charge in [-0.1, -0.05) is 30.4 Å². The van der Waals surface area contributed by atoms with Crippen LogP contribution in [0.25, 0.3) is 17.2 Å². The number of nitrogens with zero attached hydrogens (tertiary/aromatic N) is 1. The van der Waals surface area contributed by atoms with E-state index in [2.05, 4.69) is 16.3 Å². The highest BCUT2D eigenvalue weighted by molar-refractivity contribution is 6.47. The molecule has 2 atom stereocenters. The molecule has 1 aliphatic heterocycles. The minimum atomic E-state index is -4.99. The maximum absolute atomic E-state index is 15.7. The molecule has 0 amide bonds. The number of hydrogen-bond acceptors (Lipinski definition) is 5. The Kier molecular flexibility index (Phi) is 7.82. The minimum Gasteiger partial charge on any atom is -0.434 e. The molecule has 0 radical (unpaired) electrons. The Balaban J connectivity index is 1.76. The van der Waals surface area contributed by atoms with Gasteiger partial charge in [0.25, 0.3) is 0 Å². The first-order chi connectivity index (χ1) is 20.5. The molecule has 2 aliphatic carbocycles. The lowest BCUT2D eigenvalue weighted by atomic mass is 9.75. The molecular formula is C33H28F6N2O3. The van der Waals surface area contributed by atoms with Crippen LogP contribution in [0.1, 0.15) is 77.7 Å². The second kappa shape index (κ2) is 11.0. The first-order valence-electron chi connectivity index (χ1n) is 13.7. The number of carbonyl (C=O) groups is 1. The summed E-state index contributed by atoms with van der Waals surface area (Å²) in [6, 6.07) is 3.72. The fourth-order valence-corrected chi connectivity index (χ4v) is 5.88. The fourth-order valence-electron chi connectivity index (χ4n) is 5.88. The zero-order valence-corrected chi connectivity index (χ0v) is 24.0. The van der Waals surface area contributed by atoms with Crippen LogP contribution in [0.15, 0.2) is 59.8 Å². The Morgan fingerprint density at radius 3 is 2.43 bits per heavy atom. The molecule has 0 saturated heterocycles. The Bertz CT molecular complexity index is 1720. The summed E-state index contributed by atoms with van der Waals surface area (Å²) in [5.74, 6) is -4.48. The normalized spacial score (nSPS) is 21.7. The van der Waals surface area contributed by atoms with Gasteiger partial charge in [0.15, 0.2) is 0 Å². The average molecular weight is 615 g/mol. The van der Waals surface area contributed by atoms with E-state index in [4.69, 9.17) is 5.41 Å². The van der Waals surface area contributed by atoms with Crippen LogP contribution in [0.4, 0.5) is 26.3 Å². The van der Waals surface area contributed by atoms with Crippen LogP contribution in [0, 0.1) is 17.1 Å². The summed E-state index contributed by atoms with van der Waals surface area (Å²) in [7, 11) is 0. The van der Waals surface area contributed by atoms with Crippen LogP contribution in [0.2, 0.25) is 0 Å². The van der Waals surface area contributed by atoms with Crippen molar-refractivity contribution < 1.29 is 41.0 Å². The number of carbonyl (C=O) groups excluding carboxylic acids is 1. The SMILES string of the molecule is C=C1c2cc(C3=CN=C(C(C)(C)O)CC=C3)c(F)cc2/C=C(\C)C2C[C@H]1c1c(OC(F)F)cc(C(F)(F)F)cc1C(=O)C2=N. The van der Waals surface area contributed by atoms with Crippen LogP contribution in [0.5, 0.6) is 5.75 Å². The maximum Gasteiger partial charge on any atom is 0.416 e. The van der Waals surface area contributed by atoms with E-state index in [1.165, 1.54) is 18.3 Å². The zero-order chi connectivity index (χ0) is 32.3. The van der Waals surface area contributed by atoms with E-state index in [0.29, 0.717) is 46.5 Å². The van der Waals surface area contributed by atoms with E-state index < -0.39 is 64.4 Å². The zero-order valence-electron chi connectivity index (χ0n) is 24.0. The van der Waals surface area contributed by atoms with Crippen molar-refractivity contribution in [1.29, 1.82) is 5.41 Å². The molecule has 2 aromatic rings. The molecule has 2 bridgehead atoms. The maximum atomic E-state index is 15.7. The number of Topliss-reactive ketones (excluding diaryl/α,β-unsaturated/α-hetero) is 1. The standard InChI is InChI=1S/C33H28F6N2O3/c1-15-8-18-9-25(34)23(17-6-5-7-27(41-14-17)32(3,4)43)13-21(18)16(2)22-12-20(15)29(40)30(42)24-10-19(33(37,38)39)11-26(28(22)24)44-31(35)36/h5-6,8-11,13-14,20,22,31,40,43H,2,7,12H2,1,3-4H3/b15-8+,40-29?/t20?,22-/m1/s1. The Labute approximate surface area is 249 Å². The fraction of sp³-hybridized carbons (Fsp3) is 0.303. The number of allylic oxidation sites excluding steroid dienone is 5. The average Bonchev–Trinajstić information content (AvgIpc) is 3.23. The number of aliphatic imine (C=N–C) groups is 1. The first-order valence-corrected chi connectivity index (χ1v) is 13.7. The number of aliphatic hydroxyl groups is 1. The Morgan fingerprint density at radius 2 is 1.80 bits per heavy atom. The van der Waals surface area contributed by atoms with Crippen molar-refractivity contribution in [1.82, 2.24) is 0 Å². The predicted molar refractivity (Wildman–Crippen MR) is 156 cm³/mol. The number of halogens is 6. The highest BCUT2D eigenvalue weighted by Crippen LogP contribution is 2.50. The monoisotopic (exact) mass is 614 g/mol. The molecule has 1 heterocycles. The van der Waals surface area contributed by atoms with E-state index in [0.717, 1.165) is 0 Å². The first kappa shape index (κ1) is 31.2. The lowest BCUT2D eigenvalue weighted by Gasteiger charge is -2.29. The van der Waals surface area contributed by atoms with Crippen molar-refractivity contribution in [3.8, 4) is 5.75 Å². The van der Waals surface area contributed by atoms with E-state index in [-0.39, 0.29) is 23.1 Å². The van der Waals surface area contributed by atoms with Gasteiger partial charge >= 0.3 is 12.8 Å². The number of ketones is 1. The smallest absolute Gasteiger partial charge is 0.416 e. The summed E-state index contributed by atoms with van der Waals surface area (Å²) in [5, 5.41) is 19.0. The van der Waals surface area contributed by atoms with Gasteiger partial charge in [0.1, 0.15) is 11.6 Å². The number of rotatable bonds is 4. The second-order valence-electron chi connectivity index (χ2n) is 11.6. The molecule has 1 unspecified atom stereocenters. The molecule has 0 spiro atoms. The summed E-state index contributed by atoms with van der Waals surface area (Å²) in [6.07, 6.45) is 1.65. The Hall–Kier alpha value is -4.25. The van der Waals surface area contributed by atoms with Crippen LogP contribution in [-0.4, -0.2) is 34.5 Å². The van der Waals surface area contributed by atoms with E-state index in [1.54, 1.807) is 39.0 Å². The molecule has 11 heteroatoms. The molecule has 44 heavy (non-hydrogen) atoms. The molecule has 3 aliphatic rings. The number of benzene rings is 2. The predicted octanol–water partition coefficient (Wildman–Crippen LogP) is 8.39. The van der Waals surface area contributed by atoms with Crippen molar-refractivity contribution in [3.63, 3.8) is 0 Å². The second-order valence-corrected chi connectivity index (χ2v) is 11.6. The molecule has 0 aromatic heterocycles. The van der Waals surface area contributed by atoms with Gasteiger partial charge in [0.05, 0.1) is 22.6 Å². The van der Waals surface area contributed by atoms with Crippen molar-refractivity contribution >= 4 is 34.4 Å². The number of fused-ring (bicyclic) bond motifs is 5. The molecule has 2 N–H and O–H groups in total. The van der Waals surface area contributed by atoms with Gasteiger partial charge in [-0.3, -0.25) is 9.79 Å². The lowest BCUT2D eigenvalue weighted by molar-refractivity contribution is -0.138. The molecular weight excluding hydrogens is 586 g/mol. The van der Waals surface area contributed by atoms with Crippen LogP contribution < -0.4 is 4.74 Å². The van der Waals surface area contributed by atoms with Crippen molar-refractivity contribution in [2.24, 2.45) is 10.9 Å². The highest BCUT2D eigenvalue weighted by atomic mass is 19.4. The lowest BCUT2D eigenvalue weighted by Crippen LogP contribution is -2.30. The quantitative estimate of drug-likeness (QED) is 0.340. The summed E-state index contributed by atoms with van der Waals surface area (Å²) >= 11 is 0. The van der Waals surface area contributed by atoms with Crippen LogP contribution in [-0.2, 0) is 6.18 Å². The van der Waals surface area contributed by atoms with Gasteiger partial charge in [-0.25, -0.2) is 4.39 Å². The summed E-state index contributed by atoms with van der Waals surface area (Å²) in [4.78, 5) is 17.8. The van der Waals surface area contributed by atoms with Gasteiger partial charge in [-0.2, -0.15) is 22.0 Å². The third-order valence-corrected chi connectivity index (χ3v) is 8.17. The number of nitrogens with one attached hydrogen (secondary N) is 1. The van der Waals surface area contributed by atoms with E-state index >= 15 is 4.39 Å². The summed E-state index contributed by atoms with van der Waals surface area (Å²) in [5.41, 5.74) is -1.61. The van der Waals surface area contributed by atoms with Crippen molar-refractivity contribution in [3.05, 3.63) is 94.0 Å². The van der Waals surface area contributed by atoms with Crippen molar-refractivity contribution in [2.75, 3.05) is 0 Å². The highest BCUT2D eigenvalue weighted by Gasteiger charge is 2.42. The molecule has 230 valence electrons. The minimum absolute atomic E-state index is 0.0440. The van der Waals surface area contributed by atoms with Gasteiger partial charge in [0, 0.05) is 46.7 Å². The third kappa shape index (κ3) is 5.68. The molecule has 0 fully saturated rings. The van der Waals surface area contributed by atoms with Crippen LogP contribution in [0.3, 0.4) is 0 Å². The number of hydrogen-bond donors (Lipinski definition) is 2. The molecule has 0 saturated carbocycles.